The van der Waals surface area contributed by atoms with Gasteiger partial charge in [-0.25, -0.2) is 4.39 Å². The van der Waals surface area contributed by atoms with E-state index in [1.54, 1.807) is 0 Å². The van der Waals surface area contributed by atoms with Crippen molar-refractivity contribution in [2.75, 3.05) is 19.9 Å². The molecule has 0 spiro atoms. The Kier molecular flexibility index (Phi) is 3.07. The van der Waals surface area contributed by atoms with Crippen LogP contribution in [0, 0.1) is 0 Å². The van der Waals surface area contributed by atoms with E-state index in [1.165, 1.54) is 0 Å². The number of hydrogen-bond acceptors (Lipinski definition) is 4. The molecule has 0 bridgehead atoms. The quantitative estimate of drug-likeness (QED) is 0.538. The molecule has 1 fully saturated rings. The second-order valence-electron chi connectivity index (χ2n) is 1.83. The van der Waals surface area contributed by atoms with Crippen molar-refractivity contribution in [2.45, 2.75) is 6.29 Å². The molecule has 1 unspecified atom stereocenters. The fourth-order valence-corrected chi connectivity index (χ4v) is 0.665. The monoisotopic (exact) mass is 149 g/mol. The number of alkyl halides is 1. The lowest BCUT2D eigenvalue weighted by molar-refractivity contribution is -0.0718. The highest BCUT2D eigenvalue weighted by Gasteiger charge is 2.28. The van der Waals surface area contributed by atoms with E-state index in [1.807, 2.05) is 0 Å². The summed E-state index contributed by atoms with van der Waals surface area (Å²) in [7, 11) is -0.718. The van der Waals surface area contributed by atoms with Gasteiger partial charge in [-0.1, -0.05) is 0 Å². The highest BCUT2D eigenvalue weighted by atomic mass is 19.1. The van der Waals surface area contributed by atoms with Gasteiger partial charge in [0.1, 0.15) is 6.67 Å². The van der Waals surface area contributed by atoms with E-state index in [4.69, 9.17) is 19.7 Å². The summed E-state index contributed by atoms with van der Waals surface area (Å²) in [5.74, 6) is 0. The minimum absolute atomic E-state index is 0.0285. The summed E-state index contributed by atoms with van der Waals surface area (Å²) in [4.78, 5) is 0. The first kappa shape index (κ1) is 7.94. The Morgan fingerprint density at radius 2 is 2.60 bits per heavy atom. The summed E-state index contributed by atoms with van der Waals surface area (Å²) in [6.07, 6.45) is -0.495. The van der Waals surface area contributed by atoms with E-state index in [2.05, 4.69) is 0 Å². The highest BCUT2D eigenvalue weighted by molar-refractivity contribution is 6.40. The van der Waals surface area contributed by atoms with Crippen LogP contribution in [0.2, 0.25) is 0 Å². The van der Waals surface area contributed by atoms with Crippen LogP contribution >= 0.6 is 0 Å². The molecule has 1 aliphatic rings. The number of halogens is 1. The van der Waals surface area contributed by atoms with Crippen LogP contribution < -0.4 is 5.64 Å². The summed E-state index contributed by atoms with van der Waals surface area (Å²) in [5, 5.41) is 0. The van der Waals surface area contributed by atoms with E-state index < -0.39 is 20.2 Å². The Labute approximate surface area is 58.6 Å². The standard InChI is InChI=1S/C4H9BFNO3/c6-1-2-8-4-3-9-5(7)10-4/h4H,1-3,7H2. The molecule has 1 rings (SSSR count). The molecule has 2 N–H and O–H groups in total. The lowest BCUT2D eigenvalue weighted by Crippen LogP contribution is -2.28. The van der Waals surface area contributed by atoms with E-state index in [0.29, 0.717) is 0 Å². The van der Waals surface area contributed by atoms with Gasteiger partial charge in [-0.05, 0) is 0 Å². The van der Waals surface area contributed by atoms with Gasteiger partial charge in [-0.3, -0.25) is 0 Å². The molecule has 6 heteroatoms. The van der Waals surface area contributed by atoms with Crippen molar-refractivity contribution in [2.24, 2.45) is 5.64 Å². The van der Waals surface area contributed by atoms with Crippen molar-refractivity contribution < 1.29 is 18.4 Å². The fraction of sp³-hybridized carbons (Fsp3) is 1.00. The van der Waals surface area contributed by atoms with Gasteiger partial charge >= 0.3 is 7.25 Å². The van der Waals surface area contributed by atoms with Crippen LogP contribution in [0.15, 0.2) is 0 Å². The lowest BCUT2D eigenvalue weighted by atomic mass is 10.2. The smallest absolute Gasteiger partial charge is 0.392 e. The minimum Gasteiger partial charge on any atom is -0.392 e. The van der Waals surface area contributed by atoms with Gasteiger partial charge in [0.25, 0.3) is 0 Å². The first-order chi connectivity index (χ1) is 4.83. The second-order valence-corrected chi connectivity index (χ2v) is 1.83. The zero-order valence-electron chi connectivity index (χ0n) is 5.46. The average molecular weight is 149 g/mol. The maximum atomic E-state index is 11.5. The average Bonchev–Trinajstić information content (AvgIpc) is 2.31. The van der Waals surface area contributed by atoms with Crippen LogP contribution in [-0.2, 0) is 14.0 Å². The Bertz CT molecular complexity index is 107. The molecule has 4 nitrogen and oxygen atoms in total. The zero-order valence-corrected chi connectivity index (χ0v) is 5.46. The highest BCUT2D eigenvalue weighted by Crippen LogP contribution is 2.05. The molecular formula is C4H9BFNO3. The van der Waals surface area contributed by atoms with Crippen molar-refractivity contribution in [3.8, 4) is 0 Å². The molecule has 1 aliphatic heterocycles. The van der Waals surface area contributed by atoms with Crippen LogP contribution in [0.25, 0.3) is 0 Å². The van der Waals surface area contributed by atoms with E-state index in [9.17, 15) is 4.39 Å². The molecular weight excluding hydrogens is 140 g/mol. The number of nitrogens with two attached hydrogens (primary N) is 1. The number of ether oxygens (including phenoxy) is 1. The van der Waals surface area contributed by atoms with Gasteiger partial charge in [-0.15, -0.1) is 0 Å². The maximum Gasteiger partial charge on any atom is 0.554 e. The number of hydrogen-bond donors (Lipinski definition) is 1. The number of rotatable bonds is 3. The van der Waals surface area contributed by atoms with Crippen LogP contribution in [0.1, 0.15) is 0 Å². The van der Waals surface area contributed by atoms with Gasteiger partial charge in [-0.2, -0.15) is 0 Å². The third-order valence-electron chi connectivity index (χ3n) is 1.06. The third-order valence-corrected chi connectivity index (χ3v) is 1.06. The normalized spacial score (nSPS) is 25.8. The predicted octanol–water partition coefficient (Wildman–Crippen LogP) is -0.711. The maximum absolute atomic E-state index is 11.5. The van der Waals surface area contributed by atoms with Crippen LogP contribution in [0.5, 0.6) is 0 Å². The van der Waals surface area contributed by atoms with Crippen molar-refractivity contribution >= 4 is 7.25 Å². The summed E-state index contributed by atoms with van der Waals surface area (Å²) in [6, 6.07) is 0. The Balaban J connectivity index is 2.06. The van der Waals surface area contributed by atoms with Gasteiger partial charge in [0.2, 0.25) is 0 Å². The van der Waals surface area contributed by atoms with Crippen LogP contribution in [0.4, 0.5) is 4.39 Å². The molecule has 0 amide bonds. The summed E-state index contributed by atoms with van der Waals surface area (Å²) in [6.45, 7) is -0.211. The van der Waals surface area contributed by atoms with Crippen LogP contribution in [0.3, 0.4) is 0 Å². The molecule has 1 atom stereocenters. The van der Waals surface area contributed by atoms with Gasteiger partial charge in [0.15, 0.2) is 6.29 Å². The molecule has 10 heavy (non-hydrogen) atoms. The molecule has 0 aromatic rings. The molecule has 1 heterocycles. The SMILES string of the molecule is NB1OCC(OCCF)O1. The Morgan fingerprint density at radius 3 is 3.10 bits per heavy atom. The molecule has 0 aromatic heterocycles. The topological polar surface area (TPSA) is 53.7 Å². The first-order valence-corrected chi connectivity index (χ1v) is 3.03. The van der Waals surface area contributed by atoms with Crippen molar-refractivity contribution in [1.29, 1.82) is 0 Å². The lowest BCUT2D eigenvalue weighted by Gasteiger charge is -2.07. The zero-order chi connectivity index (χ0) is 7.40. The third kappa shape index (κ3) is 2.22. The Hall–Kier alpha value is -0.165. The van der Waals surface area contributed by atoms with Gasteiger partial charge in [0, 0.05) is 0 Å². The van der Waals surface area contributed by atoms with Crippen LogP contribution in [-0.4, -0.2) is 33.4 Å². The van der Waals surface area contributed by atoms with E-state index in [0.717, 1.165) is 0 Å². The fourth-order valence-electron chi connectivity index (χ4n) is 0.665. The minimum atomic E-state index is -0.718. The molecule has 0 radical (unpaired) electrons. The van der Waals surface area contributed by atoms with Gasteiger partial charge < -0.3 is 19.7 Å². The van der Waals surface area contributed by atoms with Gasteiger partial charge in [0.05, 0.1) is 13.2 Å². The van der Waals surface area contributed by atoms with E-state index in [-0.39, 0.29) is 13.2 Å². The molecule has 0 aliphatic carbocycles. The second kappa shape index (κ2) is 3.87. The van der Waals surface area contributed by atoms with Crippen molar-refractivity contribution in [1.82, 2.24) is 0 Å². The molecule has 0 saturated carbocycles. The molecule has 58 valence electrons. The molecule has 0 aromatic carbocycles. The summed E-state index contributed by atoms with van der Waals surface area (Å²) >= 11 is 0. The predicted molar refractivity (Wildman–Crippen MR) is 32.7 cm³/mol. The van der Waals surface area contributed by atoms with Crippen molar-refractivity contribution in [3.63, 3.8) is 0 Å². The Morgan fingerprint density at radius 1 is 1.80 bits per heavy atom. The summed E-state index contributed by atoms with van der Waals surface area (Å²) in [5.41, 5.74) is 5.18. The largest absolute Gasteiger partial charge is 0.554 e. The molecule has 1 saturated heterocycles. The first-order valence-electron chi connectivity index (χ1n) is 3.03. The van der Waals surface area contributed by atoms with E-state index >= 15 is 0 Å². The van der Waals surface area contributed by atoms with Crippen molar-refractivity contribution in [3.05, 3.63) is 0 Å². The summed E-state index contributed by atoms with van der Waals surface area (Å²) < 4.78 is 25.9.